The van der Waals surface area contributed by atoms with Crippen LogP contribution < -0.4 is 10.1 Å². The molecular weight excluding hydrogens is 290 g/mol. The van der Waals surface area contributed by atoms with E-state index >= 15 is 0 Å². The molecule has 0 aliphatic heterocycles. The molecule has 0 heterocycles. The molecule has 0 aliphatic carbocycles. The predicted molar refractivity (Wildman–Crippen MR) is 80.3 cm³/mol. The normalized spacial score (nSPS) is 10.8. The molecule has 3 heteroatoms. The van der Waals surface area contributed by atoms with Gasteiger partial charge in [0.1, 0.15) is 12.4 Å². The third-order valence-corrected chi connectivity index (χ3v) is 3.24. The average molecular weight is 308 g/mol. The van der Waals surface area contributed by atoms with Gasteiger partial charge in [-0.1, -0.05) is 35.0 Å². The lowest BCUT2D eigenvalue weighted by atomic mass is 10.1. The van der Waals surface area contributed by atoms with Crippen molar-refractivity contribution in [3.63, 3.8) is 0 Å². The standard InChI is InChI=1S/C15H18BrNO/c1-2-7-17-8-9-18-15-6-4-12-10-14(16)5-3-13(12)11-15/h3-6,10-11,17H,2,7-9H2,1H3. The fraction of sp³-hybridized carbons (Fsp3) is 0.333. The first-order valence-corrected chi connectivity index (χ1v) is 7.12. The van der Waals surface area contributed by atoms with Gasteiger partial charge in [0.05, 0.1) is 0 Å². The van der Waals surface area contributed by atoms with Gasteiger partial charge in [0, 0.05) is 11.0 Å². The van der Waals surface area contributed by atoms with Crippen LogP contribution in [0.4, 0.5) is 0 Å². The minimum Gasteiger partial charge on any atom is -0.492 e. The van der Waals surface area contributed by atoms with E-state index in [1.54, 1.807) is 0 Å². The monoisotopic (exact) mass is 307 g/mol. The minimum atomic E-state index is 0.710. The molecule has 18 heavy (non-hydrogen) atoms. The van der Waals surface area contributed by atoms with Crippen LogP contribution in [-0.2, 0) is 0 Å². The smallest absolute Gasteiger partial charge is 0.120 e. The Morgan fingerprint density at radius 1 is 1.06 bits per heavy atom. The highest BCUT2D eigenvalue weighted by Crippen LogP contribution is 2.23. The van der Waals surface area contributed by atoms with E-state index < -0.39 is 0 Å². The van der Waals surface area contributed by atoms with Gasteiger partial charge in [-0.15, -0.1) is 0 Å². The van der Waals surface area contributed by atoms with E-state index in [2.05, 4.69) is 58.5 Å². The van der Waals surface area contributed by atoms with Crippen molar-refractivity contribution in [2.45, 2.75) is 13.3 Å². The molecule has 2 aromatic rings. The topological polar surface area (TPSA) is 21.3 Å². The summed E-state index contributed by atoms with van der Waals surface area (Å²) >= 11 is 3.48. The van der Waals surface area contributed by atoms with Gasteiger partial charge in [-0.05, 0) is 48.0 Å². The summed E-state index contributed by atoms with van der Waals surface area (Å²) in [5.74, 6) is 0.933. The lowest BCUT2D eigenvalue weighted by Gasteiger charge is -2.08. The van der Waals surface area contributed by atoms with Gasteiger partial charge in [0.25, 0.3) is 0 Å². The quantitative estimate of drug-likeness (QED) is 0.815. The van der Waals surface area contributed by atoms with Crippen LogP contribution in [0.25, 0.3) is 10.8 Å². The molecule has 0 spiro atoms. The summed E-state index contributed by atoms with van der Waals surface area (Å²) in [5.41, 5.74) is 0. The van der Waals surface area contributed by atoms with Crippen molar-refractivity contribution in [1.82, 2.24) is 5.32 Å². The first kappa shape index (κ1) is 13.4. The highest BCUT2D eigenvalue weighted by atomic mass is 79.9. The highest BCUT2D eigenvalue weighted by molar-refractivity contribution is 9.10. The zero-order valence-electron chi connectivity index (χ0n) is 10.6. The summed E-state index contributed by atoms with van der Waals surface area (Å²) < 4.78 is 6.82. The van der Waals surface area contributed by atoms with E-state index in [9.17, 15) is 0 Å². The fourth-order valence-electron chi connectivity index (χ4n) is 1.83. The molecular formula is C15H18BrNO. The van der Waals surface area contributed by atoms with E-state index in [-0.39, 0.29) is 0 Å². The van der Waals surface area contributed by atoms with Gasteiger partial charge in [0.2, 0.25) is 0 Å². The number of ether oxygens (including phenoxy) is 1. The van der Waals surface area contributed by atoms with Crippen molar-refractivity contribution in [2.24, 2.45) is 0 Å². The third kappa shape index (κ3) is 3.72. The van der Waals surface area contributed by atoms with Crippen LogP contribution in [0.1, 0.15) is 13.3 Å². The highest BCUT2D eigenvalue weighted by Gasteiger charge is 1.98. The number of fused-ring (bicyclic) bond motifs is 1. The molecule has 0 saturated carbocycles. The van der Waals surface area contributed by atoms with E-state index in [1.807, 2.05) is 6.07 Å². The van der Waals surface area contributed by atoms with Gasteiger partial charge in [-0.25, -0.2) is 0 Å². The van der Waals surface area contributed by atoms with Gasteiger partial charge in [-0.2, -0.15) is 0 Å². The van der Waals surface area contributed by atoms with E-state index in [0.717, 1.165) is 29.7 Å². The lowest BCUT2D eigenvalue weighted by Crippen LogP contribution is -2.21. The van der Waals surface area contributed by atoms with Crippen LogP contribution in [0, 0.1) is 0 Å². The van der Waals surface area contributed by atoms with E-state index in [1.165, 1.54) is 10.8 Å². The number of halogens is 1. The Morgan fingerprint density at radius 3 is 2.67 bits per heavy atom. The molecule has 0 unspecified atom stereocenters. The minimum absolute atomic E-state index is 0.710. The Morgan fingerprint density at radius 2 is 1.83 bits per heavy atom. The molecule has 0 aromatic heterocycles. The Balaban J connectivity index is 1.95. The molecule has 1 N–H and O–H groups in total. The molecule has 2 aromatic carbocycles. The molecule has 0 aliphatic rings. The van der Waals surface area contributed by atoms with Crippen LogP contribution in [-0.4, -0.2) is 19.7 Å². The summed E-state index contributed by atoms with van der Waals surface area (Å²) in [6.07, 6.45) is 1.16. The SMILES string of the molecule is CCCNCCOc1ccc2cc(Br)ccc2c1. The van der Waals surface area contributed by atoms with E-state index in [0.29, 0.717) is 6.61 Å². The van der Waals surface area contributed by atoms with Gasteiger partial charge in [-0.3, -0.25) is 0 Å². The molecule has 0 saturated heterocycles. The van der Waals surface area contributed by atoms with Crippen LogP contribution >= 0.6 is 15.9 Å². The maximum atomic E-state index is 5.72. The van der Waals surface area contributed by atoms with Crippen LogP contribution in [0.5, 0.6) is 5.75 Å². The van der Waals surface area contributed by atoms with Crippen molar-refractivity contribution >= 4 is 26.7 Å². The first-order chi connectivity index (χ1) is 8.79. The second-order valence-electron chi connectivity index (χ2n) is 4.25. The number of hydrogen-bond donors (Lipinski definition) is 1. The largest absolute Gasteiger partial charge is 0.492 e. The molecule has 0 radical (unpaired) electrons. The number of nitrogens with one attached hydrogen (secondary N) is 1. The zero-order chi connectivity index (χ0) is 12.8. The molecule has 2 rings (SSSR count). The molecule has 0 fully saturated rings. The Bertz CT molecular complexity index is 513. The molecule has 0 atom stereocenters. The average Bonchev–Trinajstić information content (AvgIpc) is 2.38. The number of hydrogen-bond acceptors (Lipinski definition) is 2. The molecule has 96 valence electrons. The van der Waals surface area contributed by atoms with Gasteiger partial charge >= 0.3 is 0 Å². The lowest BCUT2D eigenvalue weighted by molar-refractivity contribution is 0.314. The maximum absolute atomic E-state index is 5.72. The van der Waals surface area contributed by atoms with E-state index in [4.69, 9.17) is 4.74 Å². The molecule has 0 bridgehead atoms. The van der Waals surface area contributed by atoms with Crippen molar-refractivity contribution in [1.29, 1.82) is 0 Å². The van der Waals surface area contributed by atoms with Crippen LogP contribution in [0.3, 0.4) is 0 Å². The fourth-order valence-corrected chi connectivity index (χ4v) is 2.21. The molecule has 2 nitrogen and oxygen atoms in total. The van der Waals surface area contributed by atoms with Crippen molar-refractivity contribution in [3.8, 4) is 5.75 Å². The van der Waals surface area contributed by atoms with Crippen LogP contribution in [0.15, 0.2) is 40.9 Å². The Kier molecular flexibility index (Phi) is 5.02. The summed E-state index contributed by atoms with van der Waals surface area (Å²) in [4.78, 5) is 0. The predicted octanol–water partition coefficient (Wildman–Crippen LogP) is 3.98. The summed E-state index contributed by atoms with van der Waals surface area (Å²) in [6, 6.07) is 12.5. The first-order valence-electron chi connectivity index (χ1n) is 6.32. The third-order valence-electron chi connectivity index (χ3n) is 2.75. The maximum Gasteiger partial charge on any atom is 0.120 e. The summed E-state index contributed by atoms with van der Waals surface area (Å²) in [6.45, 7) is 4.82. The van der Waals surface area contributed by atoms with Crippen molar-refractivity contribution < 1.29 is 4.74 Å². The van der Waals surface area contributed by atoms with Gasteiger partial charge < -0.3 is 10.1 Å². The zero-order valence-corrected chi connectivity index (χ0v) is 12.2. The summed E-state index contributed by atoms with van der Waals surface area (Å²) in [5, 5.41) is 5.75. The van der Waals surface area contributed by atoms with Gasteiger partial charge in [0.15, 0.2) is 0 Å². The Labute approximate surface area is 116 Å². The van der Waals surface area contributed by atoms with Crippen molar-refractivity contribution in [2.75, 3.05) is 19.7 Å². The molecule has 0 amide bonds. The summed E-state index contributed by atoms with van der Waals surface area (Å²) in [7, 11) is 0. The van der Waals surface area contributed by atoms with Crippen LogP contribution in [0.2, 0.25) is 0 Å². The van der Waals surface area contributed by atoms with Crippen molar-refractivity contribution in [3.05, 3.63) is 40.9 Å². The number of rotatable bonds is 6. The Hall–Kier alpha value is -1.06. The second-order valence-corrected chi connectivity index (χ2v) is 5.17. The second kappa shape index (κ2) is 6.76. The number of benzene rings is 2.